The molecule has 3 aromatic heterocycles. The van der Waals surface area contributed by atoms with Crippen molar-refractivity contribution in [3.05, 3.63) is 81.1 Å². The number of alkyl halides is 2. The largest absolute Gasteiger partial charge is 0.501 e. The maximum absolute atomic E-state index is 13.8. The number of rotatable bonds is 5. The van der Waals surface area contributed by atoms with E-state index in [1.807, 2.05) is 0 Å². The zero-order valence-electron chi connectivity index (χ0n) is 19.9. The molecule has 12 nitrogen and oxygen atoms in total. The van der Waals surface area contributed by atoms with Gasteiger partial charge in [-0.2, -0.15) is 19.1 Å². The number of anilines is 1. The van der Waals surface area contributed by atoms with Gasteiger partial charge in [-0.25, -0.2) is 9.67 Å². The number of fused-ring (bicyclic) bond motifs is 2. The summed E-state index contributed by atoms with van der Waals surface area (Å²) in [7, 11) is 1.36. The van der Waals surface area contributed by atoms with E-state index in [2.05, 4.69) is 31.1 Å². The van der Waals surface area contributed by atoms with E-state index in [9.17, 15) is 28.7 Å². The lowest BCUT2D eigenvalue weighted by atomic mass is 9.79. The fraction of sp³-hybridized carbons (Fsp3) is 0.250. The quantitative estimate of drug-likeness (QED) is 0.401. The third-order valence-electron chi connectivity index (χ3n) is 6.43. The molecule has 194 valence electrons. The Balaban J connectivity index is 1.70. The summed E-state index contributed by atoms with van der Waals surface area (Å²) in [5, 5.41) is 30.0. The lowest BCUT2D eigenvalue weighted by Gasteiger charge is -2.26. The first-order valence-corrected chi connectivity index (χ1v) is 11.2. The van der Waals surface area contributed by atoms with Gasteiger partial charge in [0.05, 0.1) is 29.7 Å². The van der Waals surface area contributed by atoms with Crippen LogP contribution in [0.3, 0.4) is 0 Å². The summed E-state index contributed by atoms with van der Waals surface area (Å²) in [5.74, 6) is -3.06. The first kappa shape index (κ1) is 24.6. The van der Waals surface area contributed by atoms with Crippen molar-refractivity contribution in [1.82, 2.24) is 24.5 Å². The second kappa shape index (κ2) is 9.43. The average Bonchev–Trinajstić information content (AvgIpc) is 3.53. The van der Waals surface area contributed by atoms with E-state index in [0.29, 0.717) is 21.6 Å². The van der Waals surface area contributed by atoms with Gasteiger partial charge in [0, 0.05) is 30.0 Å². The van der Waals surface area contributed by atoms with Crippen molar-refractivity contribution < 1.29 is 27.9 Å². The number of hydrogen-bond acceptors (Lipinski definition) is 9. The van der Waals surface area contributed by atoms with Crippen LogP contribution in [0.25, 0.3) is 0 Å². The van der Waals surface area contributed by atoms with Crippen molar-refractivity contribution in [3.63, 3.8) is 0 Å². The highest BCUT2D eigenvalue weighted by Crippen LogP contribution is 2.46. The van der Waals surface area contributed by atoms with Crippen LogP contribution in [0.4, 0.5) is 14.5 Å². The maximum atomic E-state index is 13.8. The number of carbonyl (C=O) groups is 1. The monoisotopic (exact) mass is 523 g/mol. The molecule has 1 aromatic carbocycles. The van der Waals surface area contributed by atoms with Crippen LogP contribution in [-0.4, -0.2) is 35.5 Å². The standard InChI is InChI=1S/C24H19F2N7O5/c1-11(21-31-19(20(34)23(36)32(21)2)22(35)30-13-7-29-38-9-13)17-14-8-28-33(24(25)26)15(14)10-37-16-5-3-4-12(6-27)18(16)17/h3-5,7-9,11,17,24,34H,10H2,1-2H3,(H,30,35). The number of nitrogens with one attached hydrogen (secondary N) is 1. The minimum atomic E-state index is -2.95. The molecule has 0 saturated carbocycles. The number of nitrogens with zero attached hydrogens (tertiary/aromatic N) is 6. The van der Waals surface area contributed by atoms with Crippen LogP contribution in [0.5, 0.6) is 11.5 Å². The number of halogens is 2. The van der Waals surface area contributed by atoms with Crippen LogP contribution in [-0.2, 0) is 13.7 Å². The molecule has 4 heterocycles. The van der Waals surface area contributed by atoms with E-state index in [4.69, 9.17) is 4.74 Å². The SMILES string of the molecule is CC(c1nc(C(=O)Nc2cnoc2)c(O)c(=O)n1C)C1c2cnn(C(F)F)c2COc2cccc(C#N)c21. The Bertz CT molecular complexity index is 1640. The minimum Gasteiger partial charge on any atom is -0.501 e. The molecule has 0 saturated heterocycles. The van der Waals surface area contributed by atoms with E-state index in [0.717, 1.165) is 10.8 Å². The Morgan fingerprint density at radius 2 is 2.13 bits per heavy atom. The summed E-state index contributed by atoms with van der Waals surface area (Å²) in [6.07, 6.45) is 3.63. The number of hydrogen-bond donors (Lipinski definition) is 2. The lowest BCUT2D eigenvalue weighted by Crippen LogP contribution is -2.29. The van der Waals surface area contributed by atoms with Gasteiger partial charge in [-0.05, 0) is 12.1 Å². The second-order valence-corrected chi connectivity index (χ2v) is 8.55. The van der Waals surface area contributed by atoms with Gasteiger partial charge in [0.2, 0.25) is 5.75 Å². The van der Waals surface area contributed by atoms with E-state index < -0.39 is 41.3 Å². The minimum absolute atomic E-state index is 0.0459. The molecule has 5 rings (SSSR count). The number of benzene rings is 1. The van der Waals surface area contributed by atoms with Crippen molar-refractivity contribution in [2.75, 3.05) is 5.32 Å². The van der Waals surface area contributed by atoms with Crippen LogP contribution in [0.2, 0.25) is 0 Å². The van der Waals surface area contributed by atoms with E-state index in [1.165, 1.54) is 19.4 Å². The Morgan fingerprint density at radius 3 is 2.82 bits per heavy atom. The molecule has 0 bridgehead atoms. The summed E-state index contributed by atoms with van der Waals surface area (Å²) in [4.78, 5) is 30.1. The van der Waals surface area contributed by atoms with Gasteiger partial charge < -0.3 is 19.7 Å². The molecule has 1 aliphatic heterocycles. The highest BCUT2D eigenvalue weighted by molar-refractivity contribution is 6.04. The summed E-state index contributed by atoms with van der Waals surface area (Å²) in [5.41, 5.74) is -0.232. The molecule has 4 aromatic rings. The predicted molar refractivity (Wildman–Crippen MR) is 125 cm³/mol. The maximum Gasteiger partial charge on any atom is 0.333 e. The molecular weight excluding hydrogens is 504 g/mol. The highest BCUT2D eigenvalue weighted by Gasteiger charge is 2.37. The number of nitriles is 1. The number of amides is 1. The summed E-state index contributed by atoms with van der Waals surface area (Å²) >= 11 is 0. The van der Waals surface area contributed by atoms with Gasteiger partial charge >= 0.3 is 6.55 Å². The molecule has 0 fully saturated rings. The van der Waals surface area contributed by atoms with Gasteiger partial charge in [-0.3, -0.25) is 14.2 Å². The van der Waals surface area contributed by atoms with Gasteiger partial charge in [0.1, 0.15) is 30.1 Å². The number of aromatic nitrogens is 5. The molecular formula is C24H19F2N7O5. The van der Waals surface area contributed by atoms with Gasteiger partial charge in [0.25, 0.3) is 11.5 Å². The van der Waals surface area contributed by atoms with Crippen molar-refractivity contribution in [2.45, 2.75) is 31.9 Å². The summed E-state index contributed by atoms with van der Waals surface area (Å²) < 4.78 is 39.6. The third kappa shape index (κ3) is 3.94. The number of carbonyl (C=O) groups excluding carboxylic acids is 1. The zero-order chi connectivity index (χ0) is 27.1. The molecule has 2 atom stereocenters. The van der Waals surface area contributed by atoms with Crippen molar-refractivity contribution >= 4 is 11.6 Å². The second-order valence-electron chi connectivity index (χ2n) is 8.55. The average molecular weight is 523 g/mol. The Morgan fingerprint density at radius 1 is 1.34 bits per heavy atom. The Kier molecular flexibility index (Phi) is 6.11. The molecule has 0 spiro atoms. The van der Waals surface area contributed by atoms with Crippen LogP contribution < -0.4 is 15.6 Å². The van der Waals surface area contributed by atoms with Crippen molar-refractivity contribution in [2.24, 2.45) is 7.05 Å². The fourth-order valence-corrected chi connectivity index (χ4v) is 4.67. The Labute approximate surface area is 212 Å². The van der Waals surface area contributed by atoms with Crippen LogP contribution in [0, 0.1) is 11.3 Å². The number of ether oxygens (including phenoxy) is 1. The zero-order valence-corrected chi connectivity index (χ0v) is 19.9. The van der Waals surface area contributed by atoms with E-state index in [-0.39, 0.29) is 29.4 Å². The lowest BCUT2D eigenvalue weighted by molar-refractivity contribution is 0.0499. The normalized spacial score (nSPS) is 15.1. The number of aromatic hydroxyl groups is 1. The molecule has 38 heavy (non-hydrogen) atoms. The molecule has 0 aliphatic carbocycles. The molecule has 0 radical (unpaired) electrons. The van der Waals surface area contributed by atoms with E-state index in [1.54, 1.807) is 25.1 Å². The fourth-order valence-electron chi connectivity index (χ4n) is 4.67. The molecule has 1 aliphatic rings. The predicted octanol–water partition coefficient (Wildman–Crippen LogP) is 3.02. The molecule has 2 N–H and O–H groups in total. The van der Waals surface area contributed by atoms with Crippen LogP contribution in [0.15, 0.2) is 46.2 Å². The summed E-state index contributed by atoms with van der Waals surface area (Å²) in [6, 6.07) is 6.89. The van der Waals surface area contributed by atoms with Crippen LogP contribution >= 0.6 is 0 Å². The Hall–Kier alpha value is -5.06. The molecule has 2 unspecified atom stereocenters. The topological polar surface area (TPSA) is 161 Å². The van der Waals surface area contributed by atoms with Gasteiger partial charge in [-0.15, -0.1) is 0 Å². The van der Waals surface area contributed by atoms with Crippen molar-refractivity contribution in [3.8, 4) is 17.6 Å². The van der Waals surface area contributed by atoms with Crippen LogP contribution in [0.1, 0.15) is 64.0 Å². The van der Waals surface area contributed by atoms with Crippen molar-refractivity contribution in [1.29, 1.82) is 5.26 Å². The van der Waals surface area contributed by atoms with E-state index >= 15 is 0 Å². The first-order chi connectivity index (χ1) is 18.2. The molecule has 14 heteroatoms. The highest BCUT2D eigenvalue weighted by atomic mass is 19.3. The first-order valence-electron chi connectivity index (χ1n) is 11.2. The summed E-state index contributed by atoms with van der Waals surface area (Å²) in [6.45, 7) is -1.52. The third-order valence-corrected chi connectivity index (χ3v) is 6.43. The van der Waals surface area contributed by atoms with Gasteiger partial charge in [-0.1, -0.05) is 18.1 Å². The van der Waals surface area contributed by atoms with Gasteiger partial charge in [0.15, 0.2) is 5.69 Å². The molecule has 1 amide bonds. The smallest absolute Gasteiger partial charge is 0.333 e.